The first kappa shape index (κ1) is 16.0. The molecular formula is C16H29N5. The van der Waals surface area contributed by atoms with Crippen LogP contribution < -0.4 is 10.6 Å². The lowest BCUT2D eigenvalue weighted by molar-refractivity contribution is 0.237. The van der Waals surface area contributed by atoms with E-state index in [2.05, 4.69) is 39.3 Å². The highest BCUT2D eigenvalue weighted by Crippen LogP contribution is 2.20. The molecule has 2 rings (SSSR count). The summed E-state index contributed by atoms with van der Waals surface area (Å²) in [6.07, 6.45) is 6.07. The molecule has 0 radical (unpaired) electrons. The van der Waals surface area contributed by atoms with Crippen molar-refractivity contribution in [3.8, 4) is 0 Å². The number of anilines is 2. The van der Waals surface area contributed by atoms with Crippen LogP contribution in [0.25, 0.3) is 0 Å². The van der Waals surface area contributed by atoms with Crippen LogP contribution in [-0.4, -0.2) is 48.1 Å². The number of aromatic nitrogens is 2. The maximum Gasteiger partial charge on any atom is 0.134 e. The quantitative estimate of drug-likeness (QED) is 0.809. The molecule has 0 unspecified atom stereocenters. The zero-order chi connectivity index (χ0) is 15.1. The van der Waals surface area contributed by atoms with Crippen molar-refractivity contribution in [2.24, 2.45) is 0 Å². The summed E-state index contributed by atoms with van der Waals surface area (Å²) in [7, 11) is 1.92. The van der Waals surface area contributed by atoms with Gasteiger partial charge in [-0.05, 0) is 39.3 Å². The molecule has 0 bridgehead atoms. The van der Waals surface area contributed by atoms with E-state index in [1.54, 1.807) is 0 Å². The topological polar surface area (TPSA) is 53.1 Å². The number of rotatable bonds is 7. The van der Waals surface area contributed by atoms with E-state index in [0.29, 0.717) is 0 Å². The third-order valence-electron chi connectivity index (χ3n) is 4.07. The molecule has 118 valence electrons. The van der Waals surface area contributed by atoms with Crippen LogP contribution >= 0.6 is 0 Å². The molecule has 1 aromatic heterocycles. The van der Waals surface area contributed by atoms with Gasteiger partial charge < -0.3 is 15.5 Å². The van der Waals surface area contributed by atoms with E-state index < -0.39 is 0 Å². The molecule has 1 aromatic rings. The summed E-state index contributed by atoms with van der Waals surface area (Å²) in [4.78, 5) is 11.8. The van der Waals surface area contributed by atoms with Crippen LogP contribution in [0.3, 0.4) is 0 Å². The number of likely N-dealkylation sites (tertiary alicyclic amines) is 1. The molecule has 21 heavy (non-hydrogen) atoms. The van der Waals surface area contributed by atoms with Gasteiger partial charge in [-0.3, -0.25) is 0 Å². The molecule has 5 nitrogen and oxygen atoms in total. The van der Waals surface area contributed by atoms with Crippen LogP contribution in [0.4, 0.5) is 11.6 Å². The SMILES string of the molecule is CCCc1nc(NC)c(C)c(NCCN2CCCCC2)n1. The van der Waals surface area contributed by atoms with Crippen LogP contribution in [0.5, 0.6) is 0 Å². The summed E-state index contributed by atoms with van der Waals surface area (Å²) >= 11 is 0. The minimum Gasteiger partial charge on any atom is -0.373 e. The highest BCUT2D eigenvalue weighted by Gasteiger charge is 2.12. The Morgan fingerprint density at radius 1 is 1.10 bits per heavy atom. The minimum atomic E-state index is 0.924. The van der Waals surface area contributed by atoms with Gasteiger partial charge in [0.1, 0.15) is 17.5 Å². The van der Waals surface area contributed by atoms with Crippen molar-refractivity contribution in [2.45, 2.75) is 46.0 Å². The van der Waals surface area contributed by atoms with Gasteiger partial charge in [0.15, 0.2) is 0 Å². The number of hydrogen-bond acceptors (Lipinski definition) is 5. The molecule has 0 aliphatic carbocycles. The Hall–Kier alpha value is -1.36. The summed E-state index contributed by atoms with van der Waals surface area (Å²) in [5.74, 6) is 2.84. The van der Waals surface area contributed by atoms with Crippen molar-refractivity contribution in [1.29, 1.82) is 0 Å². The molecule has 5 heteroatoms. The van der Waals surface area contributed by atoms with Gasteiger partial charge in [-0.15, -0.1) is 0 Å². The van der Waals surface area contributed by atoms with Crippen molar-refractivity contribution < 1.29 is 0 Å². The Bertz CT molecular complexity index is 441. The summed E-state index contributed by atoms with van der Waals surface area (Å²) in [5, 5.41) is 6.67. The standard InChI is InChI=1S/C16H29N5/c1-4-8-14-19-15(17-3)13(2)16(20-14)18-9-12-21-10-6-5-7-11-21/h4-12H2,1-3H3,(H2,17,18,19,20). The monoisotopic (exact) mass is 291 g/mol. The minimum absolute atomic E-state index is 0.924. The smallest absolute Gasteiger partial charge is 0.134 e. The Balaban J connectivity index is 1.95. The van der Waals surface area contributed by atoms with Crippen LogP contribution in [-0.2, 0) is 6.42 Å². The maximum absolute atomic E-state index is 4.67. The summed E-state index contributed by atoms with van der Waals surface area (Å²) in [6, 6.07) is 0. The van der Waals surface area contributed by atoms with Gasteiger partial charge in [-0.25, -0.2) is 9.97 Å². The number of nitrogens with zero attached hydrogens (tertiary/aromatic N) is 3. The summed E-state index contributed by atoms with van der Waals surface area (Å²) < 4.78 is 0. The van der Waals surface area contributed by atoms with Gasteiger partial charge in [0.2, 0.25) is 0 Å². The lowest BCUT2D eigenvalue weighted by Crippen LogP contribution is -2.34. The van der Waals surface area contributed by atoms with Crippen molar-refractivity contribution in [1.82, 2.24) is 14.9 Å². The highest BCUT2D eigenvalue weighted by molar-refractivity contribution is 5.57. The number of aryl methyl sites for hydroxylation is 1. The largest absolute Gasteiger partial charge is 0.373 e. The predicted molar refractivity (Wildman–Crippen MR) is 89.1 cm³/mol. The zero-order valence-corrected chi connectivity index (χ0v) is 13.7. The lowest BCUT2D eigenvalue weighted by atomic mass is 10.1. The van der Waals surface area contributed by atoms with Gasteiger partial charge in [0.25, 0.3) is 0 Å². The van der Waals surface area contributed by atoms with E-state index in [1.807, 2.05) is 7.05 Å². The van der Waals surface area contributed by atoms with Crippen molar-refractivity contribution in [3.63, 3.8) is 0 Å². The average molecular weight is 291 g/mol. The van der Waals surface area contributed by atoms with Crippen LogP contribution in [0.2, 0.25) is 0 Å². The van der Waals surface area contributed by atoms with E-state index in [1.165, 1.54) is 32.4 Å². The van der Waals surface area contributed by atoms with Crippen LogP contribution in [0.1, 0.15) is 44.0 Å². The van der Waals surface area contributed by atoms with E-state index in [9.17, 15) is 0 Å². The molecule has 0 amide bonds. The number of hydrogen-bond donors (Lipinski definition) is 2. The molecular weight excluding hydrogens is 262 g/mol. The highest BCUT2D eigenvalue weighted by atomic mass is 15.2. The zero-order valence-electron chi connectivity index (χ0n) is 13.7. The second kappa shape index (κ2) is 8.17. The van der Waals surface area contributed by atoms with Gasteiger partial charge >= 0.3 is 0 Å². The molecule has 0 saturated carbocycles. The van der Waals surface area contributed by atoms with Crippen molar-refractivity contribution in [3.05, 3.63) is 11.4 Å². The first-order valence-electron chi connectivity index (χ1n) is 8.26. The molecule has 2 heterocycles. The average Bonchev–Trinajstić information content (AvgIpc) is 2.51. The molecule has 1 fully saturated rings. The fourth-order valence-corrected chi connectivity index (χ4v) is 2.83. The number of nitrogens with one attached hydrogen (secondary N) is 2. The third kappa shape index (κ3) is 4.56. The first-order chi connectivity index (χ1) is 10.2. The molecule has 1 saturated heterocycles. The number of piperidine rings is 1. The van der Waals surface area contributed by atoms with Crippen LogP contribution in [0.15, 0.2) is 0 Å². The van der Waals surface area contributed by atoms with Gasteiger partial charge in [0, 0.05) is 32.1 Å². The second-order valence-corrected chi connectivity index (χ2v) is 5.79. The van der Waals surface area contributed by atoms with E-state index in [-0.39, 0.29) is 0 Å². The predicted octanol–water partition coefficient (Wildman–Crippen LogP) is 2.68. The fourth-order valence-electron chi connectivity index (χ4n) is 2.83. The van der Waals surface area contributed by atoms with Gasteiger partial charge in [-0.1, -0.05) is 13.3 Å². The third-order valence-corrected chi connectivity index (χ3v) is 4.07. The first-order valence-corrected chi connectivity index (χ1v) is 8.26. The Morgan fingerprint density at radius 3 is 2.48 bits per heavy atom. The Kier molecular flexibility index (Phi) is 6.23. The fraction of sp³-hybridized carbons (Fsp3) is 0.750. The van der Waals surface area contributed by atoms with Crippen molar-refractivity contribution in [2.75, 3.05) is 43.9 Å². The van der Waals surface area contributed by atoms with E-state index in [0.717, 1.165) is 49.0 Å². The lowest BCUT2D eigenvalue weighted by Gasteiger charge is -2.26. The molecule has 0 atom stereocenters. The van der Waals surface area contributed by atoms with Crippen molar-refractivity contribution >= 4 is 11.6 Å². The molecule has 0 spiro atoms. The second-order valence-electron chi connectivity index (χ2n) is 5.79. The molecule has 2 N–H and O–H groups in total. The molecule has 1 aliphatic rings. The summed E-state index contributed by atoms with van der Waals surface area (Å²) in [6.45, 7) is 8.77. The maximum atomic E-state index is 4.67. The van der Waals surface area contributed by atoms with E-state index in [4.69, 9.17) is 0 Å². The molecule has 1 aliphatic heterocycles. The van der Waals surface area contributed by atoms with Gasteiger partial charge in [-0.2, -0.15) is 0 Å². The van der Waals surface area contributed by atoms with Crippen LogP contribution in [0, 0.1) is 6.92 Å². The van der Waals surface area contributed by atoms with E-state index >= 15 is 0 Å². The Labute approximate surface area is 128 Å². The molecule has 0 aromatic carbocycles. The van der Waals surface area contributed by atoms with Gasteiger partial charge in [0.05, 0.1) is 0 Å². The normalized spacial score (nSPS) is 16.0. The Morgan fingerprint density at radius 2 is 1.81 bits per heavy atom. The summed E-state index contributed by atoms with van der Waals surface area (Å²) in [5.41, 5.74) is 1.11.